The standard InChI is InChI=1S/C17H14O4/c18-15-10-9-14(11-16(15)21-12-17(19)20)8-4-7-13-5-2-1-3-6-13/h1-11H,12H2,(H,19,20)/b7-4+,14-8+. The van der Waals surface area contributed by atoms with Gasteiger partial charge in [0.15, 0.2) is 12.4 Å². The van der Waals surface area contributed by atoms with Gasteiger partial charge in [-0.05, 0) is 23.3 Å². The second-order valence-corrected chi connectivity index (χ2v) is 4.33. The predicted octanol–water partition coefficient (Wildman–Crippen LogP) is 2.75. The molecule has 4 nitrogen and oxygen atoms in total. The minimum Gasteiger partial charge on any atom is -0.479 e. The predicted molar refractivity (Wildman–Crippen MR) is 79.4 cm³/mol. The molecule has 2 rings (SSSR count). The normalized spacial score (nSPS) is 16.3. The lowest BCUT2D eigenvalue weighted by Crippen LogP contribution is -2.13. The van der Waals surface area contributed by atoms with Crippen LogP contribution in [0.1, 0.15) is 5.56 Å². The van der Waals surface area contributed by atoms with Gasteiger partial charge in [0, 0.05) is 0 Å². The van der Waals surface area contributed by atoms with E-state index in [4.69, 9.17) is 9.84 Å². The smallest absolute Gasteiger partial charge is 0.341 e. The molecule has 21 heavy (non-hydrogen) atoms. The summed E-state index contributed by atoms with van der Waals surface area (Å²) >= 11 is 0. The molecule has 0 fully saturated rings. The summed E-state index contributed by atoms with van der Waals surface area (Å²) < 4.78 is 4.95. The summed E-state index contributed by atoms with van der Waals surface area (Å²) in [5.74, 6) is -1.41. The van der Waals surface area contributed by atoms with Crippen molar-refractivity contribution in [1.29, 1.82) is 0 Å². The van der Waals surface area contributed by atoms with Crippen LogP contribution in [0.2, 0.25) is 0 Å². The Bertz CT molecular complexity index is 649. The van der Waals surface area contributed by atoms with Gasteiger partial charge in [0.25, 0.3) is 0 Å². The largest absolute Gasteiger partial charge is 0.479 e. The van der Waals surface area contributed by atoms with E-state index in [1.807, 2.05) is 48.6 Å². The third-order valence-electron chi connectivity index (χ3n) is 2.70. The minimum absolute atomic E-state index is 0.0410. The van der Waals surface area contributed by atoms with Crippen LogP contribution in [0.4, 0.5) is 0 Å². The van der Waals surface area contributed by atoms with Gasteiger partial charge in [-0.1, -0.05) is 54.6 Å². The molecule has 0 aromatic heterocycles. The fraction of sp³-hybridized carbons (Fsp3) is 0.0588. The Hall–Kier alpha value is -2.88. The number of ketones is 1. The van der Waals surface area contributed by atoms with Crippen molar-refractivity contribution < 1.29 is 19.4 Å². The Morgan fingerprint density at radius 2 is 1.95 bits per heavy atom. The van der Waals surface area contributed by atoms with Crippen molar-refractivity contribution in [1.82, 2.24) is 0 Å². The number of hydrogen-bond acceptors (Lipinski definition) is 3. The number of carbonyl (C=O) groups excluding carboxylic acids is 1. The Kier molecular flexibility index (Phi) is 4.88. The van der Waals surface area contributed by atoms with Gasteiger partial charge in [-0.15, -0.1) is 0 Å². The molecular weight excluding hydrogens is 268 g/mol. The van der Waals surface area contributed by atoms with Gasteiger partial charge in [-0.25, -0.2) is 4.79 Å². The van der Waals surface area contributed by atoms with E-state index < -0.39 is 12.6 Å². The highest BCUT2D eigenvalue weighted by Crippen LogP contribution is 2.14. The van der Waals surface area contributed by atoms with Crippen molar-refractivity contribution >= 4 is 17.8 Å². The van der Waals surface area contributed by atoms with E-state index in [9.17, 15) is 9.59 Å². The third-order valence-corrected chi connectivity index (χ3v) is 2.70. The van der Waals surface area contributed by atoms with Crippen LogP contribution >= 0.6 is 0 Å². The van der Waals surface area contributed by atoms with Gasteiger partial charge in [-0.3, -0.25) is 4.79 Å². The first-order chi connectivity index (χ1) is 10.1. The van der Waals surface area contributed by atoms with E-state index in [-0.39, 0.29) is 11.5 Å². The van der Waals surface area contributed by atoms with E-state index in [0.717, 1.165) is 11.1 Å². The van der Waals surface area contributed by atoms with E-state index in [1.165, 1.54) is 12.2 Å². The number of ether oxygens (including phenoxy) is 1. The van der Waals surface area contributed by atoms with E-state index in [1.54, 1.807) is 6.08 Å². The molecule has 0 radical (unpaired) electrons. The van der Waals surface area contributed by atoms with E-state index >= 15 is 0 Å². The number of allylic oxidation sites excluding steroid dienone is 6. The van der Waals surface area contributed by atoms with Crippen LogP contribution in [0.5, 0.6) is 0 Å². The molecule has 0 saturated heterocycles. The summed E-state index contributed by atoms with van der Waals surface area (Å²) in [4.78, 5) is 22.0. The molecule has 0 unspecified atom stereocenters. The zero-order valence-corrected chi connectivity index (χ0v) is 11.2. The van der Waals surface area contributed by atoms with Crippen LogP contribution < -0.4 is 0 Å². The van der Waals surface area contributed by atoms with Gasteiger partial charge in [-0.2, -0.15) is 0 Å². The SMILES string of the molecule is O=C(O)COC1=C/C(=C/C=C/c2ccccc2)C=CC1=O. The molecule has 0 bridgehead atoms. The lowest BCUT2D eigenvalue weighted by molar-refractivity contribution is -0.141. The molecule has 0 spiro atoms. The van der Waals surface area contributed by atoms with E-state index in [2.05, 4.69) is 0 Å². The summed E-state index contributed by atoms with van der Waals surface area (Å²) in [6.07, 6.45) is 10.2. The quantitative estimate of drug-likeness (QED) is 0.902. The van der Waals surface area contributed by atoms with Crippen molar-refractivity contribution in [3.05, 3.63) is 77.6 Å². The molecule has 0 aliphatic heterocycles. The fourth-order valence-electron chi connectivity index (χ4n) is 1.72. The molecular formula is C17H14O4. The average Bonchev–Trinajstić information content (AvgIpc) is 2.48. The first-order valence-corrected chi connectivity index (χ1v) is 6.37. The van der Waals surface area contributed by atoms with Crippen molar-refractivity contribution in [2.24, 2.45) is 0 Å². The van der Waals surface area contributed by atoms with Crippen LogP contribution in [-0.4, -0.2) is 23.5 Å². The molecule has 0 atom stereocenters. The minimum atomic E-state index is -1.12. The Morgan fingerprint density at radius 3 is 2.67 bits per heavy atom. The fourth-order valence-corrected chi connectivity index (χ4v) is 1.72. The average molecular weight is 282 g/mol. The Morgan fingerprint density at radius 1 is 1.19 bits per heavy atom. The monoisotopic (exact) mass is 282 g/mol. The summed E-state index contributed by atoms with van der Waals surface area (Å²) in [7, 11) is 0. The highest BCUT2D eigenvalue weighted by atomic mass is 16.5. The molecule has 0 saturated carbocycles. The highest BCUT2D eigenvalue weighted by Gasteiger charge is 2.13. The number of hydrogen-bond donors (Lipinski definition) is 1. The third kappa shape index (κ3) is 4.62. The molecule has 4 heteroatoms. The van der Waals surface area contributed by atoms with Gasteiger partial charge in [0.05, 0.1) is 0 Å². The van der Waals surface area contributed by atoms with Gasteiger partial charge >= 0.3 is 5.97 Å². The summed E-state index contributed by atoms with van der Waals surface area (Å²) in [6, 6.07) is 9.80. The zero-order valence-electron chi connectivity index (χ0n) is 11.2. The Labute approximate surface area is 122 Å². The summed E-state index contributed by atoms with van der Waals surface area (Å²) in [6.45, 7) is -0.529. The van der Waals surface area contributed by atoms with Gasteiger partial charge in [0.1, 0.15) is 0 Å². The molecule has 0 heterocycles. The molecule has 0 amide bonds. The first kappa shape index (κ1) is 14.5. The number of carboxylic acid groups (broad SMARTS) is 1. The lowest BCUT2D eigenvalue weighted by Gasteiger charge is -2.09. The molecule has 1 aliphatic rings. The van der Waals surface area contributed by atoms with Crippen molar-refractivity contribution in [2.45, 2.75) is 0 Å². The molecule has 1 aromatic carbocycles. The summed E-state index contributed by atoms with van der Waals surface area (Å²) in [5.41, 5.74) is 1.83. The van der Waals surface area contributed by atoms with E-state index in [0.29, 0.717) is 0 Å². The van der Waals surface area contributed by atoms with Crippen molar-refractivity contribution in [2.75, 3.05) is 6.61 Å². The van der Waals surface area contributed by atoms with Crippen molar-refractivity contribution in [3.63, 3.8) is 0 Å². The number of carboxylic acids is 1. The number of carbonyl (C=O) groups is 2. The van der Waals surface area contributed by atoms with Crippen LogP contribution in [-0.2, 0) is 14.3 Å². The highest BCUT2D eigenvalue weighted by molar-refractivity contribution is 6.04. The second-order valence-electron chi connectivity index (χ2n) is 4.33. The maximum Gasteiger partial charge on any atom is 0.341 e. The maximum atomic E-state index is 11.5. The molecule has 106 valence electrons. The number of benzene rings is 1. The lowest BCUT2D eigenvalue weighted by atomic mass is 10.1. The molecule has 1 aliphatic carbocycles. The van der Waals surface area contributed by atoms with Crippen LogP contribution in [0.15, 0.2) is 72.0 Å². The molecule has 1 aromatic rings. The number of aliphatic carboxylic acids is 1. The molecule has 1 N–H and O–H groups in total. The zero-order chi connectivity index (χ0) is 15.1. The maximum absolute atomic E-state index is 11.5. The number of rotatable bonds is 5. The summed E-state index contributed by atoms with van der Waals surface area (Å²) in [5, 5.41) is 8.56. The Balaban J connectivity index is 2.07. The van der Waals surface area contributed by atoms with Crippen LogP contribution in [0.25, 0.3) is 6.08 Å². The van der Waals surface area contributed by atoms with Crippen LogP contribution in [0, 0.1) is 0 Å². The topological polar surface area (TPSA) is 63.6 Å². The van der Waals surface area contributed by atoms with Gasteiger partial charge < -0.3 is 9.84 Å². The van der Waals surface area contributed by atoms with Gasteiger partial charge in [0.2, 0.25) is 5.78 Å². The second kappa shape index (κ2) is 7.05. The van der Waals surface area contributed by atoms with Crippen LogP contribution in [0.3, 0.4) is 0 Å². The first-order valence-electron chi connectivity index (χ1n) is 6.37. The van der Waals surface area contributed by atoms with Crippen molar-refractivity contribution in [3.8, 4) is 0 Å².